The molecule has 0 amide bonds. The van der Waals surface area contributed by atoms with E-state index in [1.807, 2.05) is 25.2 Å². The molecule has 1 aromatic heterocycles. The molecule has 1 aromatic carbocycles. The molecule has 4 heteroatoms. The number of nitrogen functional groups attached to an aromatic ring is 1. The van der Waals surface area contributed by atoms with E-state index in [9.17, 15) is 0 Å². The number of anilines is 2. The lowest BCUT2D eigenvalue weighted by Gasteiger charge is -2.17. The van der Waals surface area contributed by atoms with Crippen LogP contribution < -0.4 is 10.6 Å². The summed E-state index contributed by atoms with van der Waals surface area (Å²) in [5, 5.41) is 1.04. The topological polar surface area (TPSA) is 55.0 Å². The van der Waals surface area contributed by atoms with Gasteiger partial charge in [0.15, 0.2) is 0 Å². The van der Waals surface area contributed by atoms with Crippen LogP contribution in [0.4, 0.5) is 11.5 Å². The fraction of sp³-hybridized carbons (Fsp3) is 0.273. The molecule has 0 aliphatic rings. The number of fused-ring (bicyclic) bond motifs is 1. The summed E-state index contributed by atoms with van der Waals surface area (Å²) in [4.78, 5) is 10.6. The zero-order valence-corrected chi connectivity index (χ0v) is 8.94. The van der Waals surface area contributed by atoms with Gasteiger partial charge in [0, 0.05) is 24.7 Å². The first-order valence-electron chi connectivity index (χ1n) is 4.93. The predicted molar refractivity (Wildman–Crippen MR) is 62.9 cm³/mol. The van der Waals surface area contributed by atoms with Gasteiger partial charge in [0.05, 0.1) is 5.52 Å². The molecule has 2 aromatic rings. The Balaban J connectivity index is 2.66. The van der Waals surface area contributed by atoms with Gasteiger partial charge in [0.2, 0.25) is 0 Å². The molecule has 4 nitrogen and oxygen atoms in total. The molecule has 78 valence electrons. The highest BCUT2D eigenvalue weighted by Crippen LogP contribution is 2.23. The third-order valence-corrected chi connectivity index (χ3v) is 2.48. The van der Waals surface area contributed by atoms with Crippen LogP contribution in [0, 0.1) is 0 Å². The van der Waals surface area contributed by atoms with Crippen LogP contribution in [0.3, 0.4) is 0 Å². The fourth-order valence-corrected chi connectivity index (χ4v) is 1.51. The summed E-state index contributed by atoms with van der Waals surface area (Å²) in [6, 6.07) is 5.70. The van der Waals surface area contributed by atoms with Crippen LogP contribution in [0.2, 0.25) is 0 Å². The van der Waals surface area contributed by atoms with E-state index >= 15 is 0 Å². The molecule has 0 bridgehead atoms. The molecule has 0 aliphatic heterocycles. The molecule has 0 saturated heterocycles. The second-order valence-electron chi connectivity index (χ2n) is 3.49. The highest BCUT2D eigenvalue weighted by atomic mass is 15.2. The zero-order chi connectivity index (χ0) is 10.8. The number of nitrogens with zero attached hydrogens (tertiary/aromatic N) is 3. The van der Waals surface area contributed by atoms with E-state index < -0.39 is 0 Å². The Bertz CT molecular complexity index is 481. The van der Waals surface area contributed by atoms with Crippen molar-refractivity contribution in [1.82, 2.24) is 9.97 Å². The minimum atomic E-state index is 0.728. The summed E-state index contributed by atoms with van der Waals surface area (Å²) >= 11 is 0. The highest BCUT2D eigenvalue weighted by molar-refractivity contribution is 5.91. The molecule has 0 radical (unpaired) electrons. The maximum absolute atomic E-state index is 5.71. The van der Waals surface area contributed by atoms with Crippen molar-refractivity contribution in [3.63, 3.8) is 0 Å². The van der Waals surface area contributed by atoms with Gasteiger partial charge in [0.25, 0.3) is 0 Å². The zero-order valence-electron chi connectivity index (χ0n) is 8.94. The minimum absolute atomic E-state index is 0.728. The van der Waals surface area contributed by atoms with E-state index in [-0.39, 0.29) is 0 Å². The van der Waals surface area contributed by atoms with E-state index in [1.54, 1.807) is 6.33 Å². The number of rotatable bonds is 2. The Morgan fingerprint density at radius 3 is 2.87 bits per heavy atom. The van der Waals surface area contributed by atoms with Gasteiger partial charge < -0.3 is 10.6 Å². The van der Waals surface area contributed by atoms with Crippen molar-refractivity contribution in [3.8, 4) is 0 Å². The maximum atomic E-state index is 5.71. The van der Waals surface area contributed by atoms with Gasteiger partial charge in [-0.15, -0.1) is 0 Å². The standard InChI is InChI=1S/C11H14N4/c1-3-15(2)11-9-5-4-8(12)6-10(9)13-7-14-11/h4-7H,3,12H2,1-2H3. The normalized spacial score (nSPS) is 10.5. The van der Waals surface area contributed by atoms with Crippen molar-refractivity contribution >= 4 is 22.4 Å². The smallest absolute Gasteiger partial charge is 0.139 e. The largest absolute Gasteiger partial charge is 0.399 e. The van der Waals surface area contributed by atoms with E-state index in [1.165, 1.54) is 0 Å². The van der Waals surface area contributed by atoms with Crippen molar-refractivity contribution in [2.24, 2.45) is 0 Å². The molecule has 0 spiro atoms. The second kappa shape index (κ2) is 3.73. The van der Waals surface area contributed by atoms with Crippen LogP contribution in [-0.2, 0) is 0 Å². The quantitative estimate of drug-likeness (QED) is 0.752. The summed E-state index contributed by atoms with van der Waals surface area (Å²) < 4.78 is 0. The molecule has 0 aliphatic carbocycles. The first-order valence-corrected chi connectivity index (χ1v) is 4.93. The van der Waals surface area contributed by atoms with Crippen LogP contribution in [0.5, 0.6) is 0 Å². The SMILES string of the molecule is CCN(C)c1ncnc2cc(N)ccc12. The second-order valence-corrected chi connectivity index (χ2v) is 3.49. The molecule has 0 atom stereocenters. The average Bonchev–Trinajstić information content (AvgIpc) is 2.26. The van der Waals surface area contributed by atoms with Crippen molar-refractivity contribution in [3.05, 3.63) is 24.5 Å². The van der Waals surface area contributed by atoms with E-state index in [0.717, 1.165) is 29.0 Å². The van der Waals surface area contributed by atoms with E-state index in [4.69, 9.17) is 5.73 Å². The van der Waals surface area contributed by atoms with Crippen molar-refractivity contribution in [2.75, 3.05) is 24.2 Å². The first kappa shape index (κ1) is 9.71. The number of nitrogens with two attached hydrogens (primary N) is 1. The molecule has 2 N–H and O–H groups in total. The predicted octanol–water partition coefficient (Wildman–Crippen LogP) is 1.67. The third kappa shape index (κ3) is 1.70. The lowest BCUT2D eigenvalue weighted by atomic mass is 10.2. The Morgan fingerprint density at radius 2 is 2.13 bits per heavy atom. The molecule has 0 unspecified atom stereocenters. The summed E-state index contributed by atoms with van der Waals surface area (Å²) in [5.41, 5.74) is 7.33. The number of aromatic nitrogens is 2. The van der Waals surface area contributed by atoms with Gasteiger partial charge in [-0.1, -0.05) is 0 Å². The monoisotopic (exact) mass is 202 g/mol. The lowest BCUT2D eigenvalue weighted by Crippen LogP contribution is -2.17. The van der Waals surface area contributed by atoms with Gasteiger partial charge in [-0.05, 0) is 25.1 Å². The Hall–Kier alpha value is -1.84. The number of benzene rings is 1. The van der Waals surface area contributed by atoms with Crippen molar-refractivity contribution < 1.29 is 0 Å². The molecular formula is C11H14N4. The van der Waals surface area contributed by atoms with Crippen LogP contribution in [-0.4, -0.2) is 23.6 Å². The average molecular weight is 202 g/mol. The van der Waals surface area contributed by atoms with Crippen LogP contribution in [0.25, 0.3) is 10.9 Å². The molecule has 1 heterocycles. The van der Waals surface area contributed by atoms with Gasteiger partial charge in [-0.2, -0.15) is 0 Å². The Kier molecular flexibility index (Phi) is 2.41. The van der Waals surface area contributed by atoms with E-state index in [0.29, 0.717) is 0 Å². The molecule has 15 heavy (non-hydrogen) atoms. The van der Waals surface area contributed by atoms with Gasteiger partial charge in [-0.3, -0.25) is 0 Å². The summed E-state index contributed by atoms with van der Waals surface area (Å²) in [5.74, 6) is 0.947. The van der Waals surface area contributed by atoms with Crippen LogP contribution >= 0.6 is 0 Å². The number of hydrogen-bond acceptors (Lipinski definition) is 4. The van der Waals surface area contributed by atoms with E-state index in [2.05, 4.69) is 21.8 Å². The van der Waals surface area contributed by atoms with Gasteiger partial charge >= 0.3 is 0 Å². The highest BCUT2D eigenvalue weighted by Gasteiger charge is 2.06. The molecular weight excluding hydrogens is 188 g/mol. The first-order chi connectivity index (χ1) is 7.22. The summed E-state index contributed by atoms with van der Waals surface area (Å²) in [6.07, 6.45) is 1.57. The lowest BCUT2D eigenvalue weighted by molar-refractivity contribution is 0.940. The maximum Gasteiger partial charge on any atom is 0.139 e. The van der Waals surface area contributed by atoms with Crippen molar-refractivity contribution in [1.29, 1.82) is 0 Å². The molecule has 2 rings (SSSR count). The minimum Gasteiger partial charge on any atom is -0.399 e. The van der Waals surface area contributed by atoms with Crippen LogP contribution in [0.15, 0.2) is 24.5 Å². The third-order valence-electron chi connectivity index (χ3n) is 2.48. The van der Waals surface area contributed by atoms with Crippen molar-refractivity contribution in [2.45, 2.75) is 6.92 Å². The Morgan fingerprint density at radius 1 is 1.33 bits per heavy atom. The molecule has 0 saturated carbocycles. The number of hydrogen-bond donors (Lipinski definition) is 1. The molecule has 0 fully saturated rings. The summed E-state index contributed by atoms with van der Waals surface area (Å²) in [6.45, 7) is 3.00. The summed E-state index contributed by atoms with van der Waals surface area (Å²) in [7, 11) is 2.01. The Labute approximate surface area is 88.7 Å². The van der Waals surface area contributed by atoms with Gasteiger partial charge in [0.1, 0.15) is 12.1 Å². The van der Waals surface area contributed by atoms with Gasteiger partial charge in [-0.25, -0.2) is 9.97 Å². The van der Waals surface area contributed by atoms with Crippen LogP contribution in [0.1, 0.15) is 6.92 Å². The fourth-order valence-electron chi connectivity index (χ4n) is 1.51.